The van der Waals surface area contributed by atoms with E-state index in [1.807, 2.05) is 13.0 Å². The van der Waals surface area contributed by atoms with Crippen LogP contribution in [0.25, 0.3) is 5.57 Å². The minimum absolute atomic E-state index is 0.990. The number of allylic oxidation sites excluding steroid dienone is 2. The van der Waals surface area contributed by atoms with Crippen LogP contribution in [-0.2, 0) is 0 Å². The fourth-order valence-electron chi connectivity index (χ4n) is 0.776. The number of thiophene rings is 1. The Balaban J connectivity index is 3.11. The van der Waals surface area contributed by atoms with E-state index in [0.717, 1.165) is 24.3 Å². The van der Waals surface area contributed by atoms with E-state index < -0.39 is 0 Å². The summed E-state index contributed by atoms with van der Waals surface area (Å²) in [4.78, 5) is 0. The maximum absolute atomic E-state index is 3.95. The van der Waals surface area contributed by atoms with E-state index in [2.05, 4.69) is 45.0 Å². The van der Waals surface area contributed by atoms with Crippen LogP contribution in [-0.4, -0.2) is 0 Å². The number of rotatable bonds is 2. The molecule has 0 atom stereocenters. The third-order valence-corrected chi connectivity index (χ3v) is 3.84. The van der Waals surface area contributed by atoms with Gasteiger partial charge in [-0.2, -0.15) is 0 Å². The Labute approximate surface area is 93.3 Å². The quantitative estimate of drug-likeness (QED) is 0.684. The van der Waals surface area contributed by atoms with Gasteiger partial charge in [0.15, 0.2) is 0 Å². The first kappa shape index (κ1) is 10.2. The molecule has 0 aromatic carbocycles. The zero-order valence-corrected chi connectivity index (χ0v) is 10.6. The monoisotopic (exact) mass is 306 g/mol. The minimum atomic E-state index is 0.990. The Kier molecular flexibility index (Phi) is 3.32. The van der Waals surface area contributed by atoms with Crippen LogP contribution in [0.5, 0.6) is 0 Å². The van der Waals surface area contributed by atoms with Crippen LogP contribution in [0, 0.1) is 0 Å². The summed E-state index contributed by atoms with van der Waals surface area (Å²) < 4.78 is 2.20. The Morgan fingerprint density at radius 3 is 2.33 bits per heavy atom. The highest BCUT2D eigenvalue weighted by atomic mass is 79.9. The standard InChI is InChI=1S/C9H8Br2S/c1-5(2)6(3)7-4-8(10)12-9(7)11/h4H,1,3H2,2H3. The second-order valence-corrected chi connectivity index (χ2v) is 6.25. The molecule has 0 saturated carbocycles. The molecular weight excluding hydrogens is 300 g/mol. The molecular formula is C9H8Br2S. The van der Waals surface area contributed by atoms with Gasteiger partial charge >= 0.3 is 0 Å². The van der Waals surface area contributed by atoms with Crippen molar-refractivity contribution < 1.29 is 0 Å². The van der Waals surface area contributed by atoms with Crippen LogP contribution in [0.2, 0.25) is 0 Å². The molecule has 1 aromatic rings. The van der Waals surface area contributed by atoms with E-state index in [-0.39, 0.29) is 0 Å². The molecule has 0 amide bonds. The van der Waals surface area contributed by atoms with E-state index in [0.29, 0.717) is 0 Å². The van der Waals surface area contributed by atoms with Crippen molar-refractivity contribution in [2.45, 2.75) is 6.92 Å². The van der Waals surface area contributed by atoms with E-state index in [1.54, 1.807) is 11.3 Å². The van der Waals surface area contributed by atoms with Crippen LogP contribution in [0.15, 0.2) is 32.4 Å². The molecule has 0 unspecified atom stereocenters. The highest BCUT2D eigenvalue weighted by Gasteiger charge is 2.08. The summed E-state index contributed by atoms with van der Waals surface area (Å²) in [7, 11) is 0. The lowest BCUT2D eigenvalue weighted by Crippen LogP contribution is -1.79. The number of hydrogen-bond donors (Lipinski definition) is 0. The highest BCUT2D eigenvalue weighted by Crippen LogP contribution is 2.37. The zero-order valence-electron chi connectivity index (χ0n) is 6.66. The van der Waals surface area contributed by atoms with Crippen LogP contribution in [0.4, 0.5) is 0 Å². The third kappa shape index (κ3) is 2.09. The first-order valence-corrected chi connectivity index (χ1v) is 5.72. The lowest BCUT2D eigenvalue weighted by atomic mass is 10.1. The molecule has 1 heterocycles. The SMILES string of the molecule is C=C(C)C(=C)c1cc(Br)sc1Br. The van der Waals surface area contributed by atoms with E-state index in [9.17, 15) is 0 Å². The maximum Gasteiger partial charge on any atom is 0.0788 e. The fourth-order valence-corrected chi connectivity index (χ4v) is 3.66. The molecule has 0 saturated heterocycles. The first-order chi connectivity index (χ1) is 5.52. The summed E-state index contributed by atoms with van der Waals surface area (Å²) in [5.41, 5.74) is 3.12. The molecule has 1 rings (SSSR count). The molecule has 0 N–H and O–H groups in total. The molecule has 0 radical (unpaired) electrons. The van der Waals surface area contributed by atoms with Crippen molar-refractivity contribution in [2.75, 3.05) is 0 Å². The summed E-state index contributed by atoms with van der Waals surface area (Å²) in [5.74, 6) is 0. The predicted molar refractivity (Wildman–Crippen MR) is 63.6 cm³/mol. The van der Waals surface area contributed by atoms with Gasteiger partial charge in [0.25, 0.3) is 0 Å². The molecule has 0 aliphatic heterocycles. The smallest absolute Gasteiger partial charge is 0.0788 e. The minimum Gasteiger partial charge on any atom is -0.121 e. The summed E-state index contributed by atoms with van der Waals surface area (Å²) >= 11 is 8.54. The second kappa shape index (κ2) is 3.90. The van der Waals surface area contributed by atoms with Gasteiger partial charge in [0.2, 0.25) is 0 Å². The normalized spacial score (nSPS) is 9.92. The molecule has 0 bridgehead atoms. The van der Waals surface area contributed by atoms with Gasteiger partial charge in [-0.15, -0.1) is 11.3 Å². The van der Waals surface area contributed by atoms with Crippen molar-refractivity contribution in [2.24, 2.45) is 0 Å². The van der Waals surface area contributed by atoms with Crippen molar-refractivity contribution in [3.05, 3.63) is 37.9 Å². The van der Waals surface area contributed by atoms with Crippen LogP contribution in [0.3, 0.4) is 0 Å². The van der Waals surface area contributed by atoms with Crippen LogP contribution >= 0.6 is 43.2 Å². The van der Waals surface area contributed by atoms with Crippen molar-refractivity contribution in [1.29, 1.82) is 0 Å². The van der Waals surface area contributed by atoms with Crippen LogP contribution in [0.1, 0.15) is 12.5 Å². The second-order valence-electron chi connectivity index (χ2n) is 2.50. The lowest BCUT2D eigenvalue weighted by molar-refractivity contribution is 1.55. The zero-order chi connectivity index (χ0) is 9.30. The molecule has 0 spiro atoms. The maximum atomic E-state index is 3.95. The summed E-state index contributed by atoms with van der Waals surface area (Å²) in [5, 5.41) is 0. The van der Waals surface area contributed by atoms with E-state index >= 15 is 0 Å². The summed E-state index contributed by atoms with van der Waals surface area (Å²) in [6.07, 6.45) is 0. The average molecular weight is 308 g/mol. The fraction of sp³-hybridized carbons (Fsp3) is 0.111. The molecule has 12 heavy (non-hydrogen) atoms. The van der Waals surface area contributed by atoms with Gasteiger partial charge < -0.3 is 0 Å². The van der Waals surface area contributed by atoms with E-state index in [1.165, 1.54) is 0 Å². The Morgan fingerprint density at radius 1 is 1.42 bits per heavy atom. The molecule has 0 nitrogen and oxygen atoms in total. The Hall–Kier alpha value is 0.140. The largest absolute Gasteiger partial charge is 0.121 e. The van der Waals surface area contributed by atoms with Gasteiger partial charge in [0.05, 0.1) is 7.57 Å². The number of hydrogen-bond acceptors (Lipinski definition) is 1. The molecule has 3 heteroatoms. The average Bonchev–Trinajstić information content (AvgIpc) is 2.28. The van der Waals surface area contributed by atoms with Gasteiger partial charge in [-0.05, 0) is 50.4 Å². The summed E-state index contributed by atoms with van der Waals surface area (Å²) in [6.45, 7) is 9.76. The molecule has 0 fully saturated rings. The molecule has 0 aliphatic carbocycles. The van der Waals surface area contributed by atoms with Gasteiger partial charge in [-0.3, -0.25) is 0 Å². The topological polar surface area (TPSA) is 0 Å². The lowest BCUT2D eigenvalue weighted by Gasteiger charge is -2.01. The van der Waals surface area contributed by atoms with E-state index in [4.69, 9.17) is 0 Å². The van der Waals surface area contributed by atoms with Crippen molar-refractivity contribution in [1.82, 2.24) is 0 Å². The highest BCUT2D eigenvalue weighted by molar-refractivity contribution is 9.12. The molecule has 64 valence electrons. The first-order valence-electron chi connectivity index (χ1n) is 3.32. The van der Waals surface area contributed by atoms with Gasteiger partial charge in [-0.25, -0.2) is 0 Å². The molecule has 1 aromatic heterocycles. The van der Waals surface area contributed by atoms with Crippen molar-refractivity contribution in [3.8, 4) is 0 Å². The molecule has 0 aliphatic rings. The number of halogens is 2. The van der Waals surface area contributed by atoms with Gasteiger partial charge in [0, 0.05) is 5.56 Å². The Morgan fingerprint density at radius 2 is 2.00 bits per heavy atom. The predicted octanol–water partition coefficient (Wildman–Crippen LogP) is 4.86. The van der Waals surface area contributed by atoms with Crippen molar-refractivity contribution in [3.63, 3.8) is 0 Å². The van der Waals surface area contributed by atoms with Crippen molar-refractivity contribution >= 4 is 48.8 Å². The van der Waals surface area contributed by atoms with Crippen LogP contribution < -0.4 is 0 Å². The third-order valence-electron chi connectivity index (χ3n) is 1.50. The van der Waals surface area contributed by atoms with Gasteiger partial charge in [-0.1, -0.05) is 18.7 Å². The Bertz CT molecular complexity index is 336. The van der Waals surface area contributed by atoms with Gasteiger partial charge in [0.1, 0.15) is 0 Å². The summed E-state index contributed by atoms with van der Waals surface area (Å²) in [6, 6.07) is 2.05.